The molecule has 0 spiro atoms. The van der Waals surface area contributed by atoms with E-state index < -0.39 is 5.97 Å². The van der Waals surface area contributed by atoms with Gasteiger partial charge in [-0.2, -0.15) is 0 Å². The Morgan fingerprint density at radius 3 is 2.79 bits per heavy atom. The van der Waals surface area contributed by atoms with Gasteiger partial charge in [-0.1, -0.05) is 12.1 Å². The minimum Gasteiger partial charge on any atom is -0.496 e. The highest BCUT2D eigenvalue weighted by Gasteiger charge is 2.12. The largest absolute Gasteiger partial charge is 0.496 e. The van der Waals surface area contributed by atoms with E-state index >= 15 is 0 Å². The number of carboxylic acids is 1. The van der Waals surface area contributed by atoms with Gasteiger partial charge in [-0.3, -0.25) is 0 Å². The summed E-state index contributed by atoms with van der Waals surface area (Å²) in [5.74, 6) is 0.733. The topological polar surface area (TPSA) is 46.5 Å². The van der Waals surface area contributed by atoms with Gasteiger partial charge in [-0.25, -0.2) is 4.79 Å². The number of hydrogen-bond donors (Lipinski definition) is 1. The molecule has 0 bridgehead atoms. The van der Waals surface area contributed by atoms with E-state index in [0.29, 0.717) is 4.88 Å². The van der Waals surface area contributed by atoms with Crippen LogP contribution in [0, 0.1) is 6.92 Å². The van der Waals surface area contributed by atoms with Crippen LogP contribution in [0.1, 0.15) is 20.1 Å². The molecule has 2 aromatic rings. The number of aromatic carboxylic acids is 1. The van der Waals surface area contributed by atoms with Crippen molar-refractivity contribution < 1.29 is 14.6 Å². The fourth-order valence-electron chi connectivity index (χ4n) is 1.66. The molecule has 19 heavy (non-hydrogen) atoms. The Morgan fingerprint density at radius 1 is 1.42 bits per heavy atom. The molecule has 1 heterocycles. The highest BCUT2D eigenvalue weighted by Crippen LogP contribution is 2.33. The van der Waals surface area contributed by atoms with Crippen LogP contribution in [-0.2, 0) is 5.75 Å². The van der Waals surface area contributed by atoms with Crippen LogP contribution in [0.4, 0.5) is 0 Å². The first-order valence-corrected chi connectivity index (χ1v) is 7.50. The van der Waals surface area contributed by atoms with E-state index in [1.165, 1.54) is 11.3 Å². The van der Waals surface area contributed by atoms with Gasteiger partial charge in [0.05, 0.1) is 7.11 Å². The summed E-state index contributed by atoms with van der Waals surface area (Å²) in [5.41, 5.74) is 1.07. The number of hydrogen-bond acceptors (Lipinski definition) is 4. The van der Waals surface area contributed by atoms with Crippen molar-refractivity contribution in [3.63, 3.8) is 0 Å². The van der Waals surface area contributed by atoms with Crippen LogP contribution in [0.5, 0.6) is 5.75 Å². The van der Waals surface area contributed by atoms with Crippen LogP contribution in [0.25, 0.3) is 0 Å². The summed E-state index contributed by atoms with van der Waals surface area (Å²) >= 11 is 2.98. The third-order valence-electron chi connectivity index (χ3n) is 2.68. The van der Waals surface area contributed by atoms with Gasteiger partial charge in [0.15, 0.2) is 0 Å². The molecule has 0 radical (unpaired) electrons. The molecule has 0 saturated carbocycles. The molecule has 0 fully saturated rings. The first-order chi connectivity index (χ1) is 9.11. The monoisotopic (exact) mass is 294 g/mol. The minimum atomic E-state index is -0.860. The van der Waals surface area contributed by atoms with Crippen molar-refractivity contribution >= 4 is 29.1 Å². The fraction of sp³-hybridized carbons (Fsp3) is 0.214. The molecule has 0 amide bonds. The van der Waals surface area contributed by atoms with Crippen molar-refractivity contribution in [1.29, 1.82) is 0 Å². The number of ether oxygens (including phenoxy) is 1. The number of thiophene rings is 1. The molecule has 0 saturated heterocycles. The van der Waals surface area contributed by atoms with Crippen molar-refractivity contribution in [2.24, 2.45) is 0 Å². The zero-order valence-corrected chi connectivity index (χ0v) is 12.3. The molecule has 0 unspecified atom stereocenters. The Labute approximate surface area is 120 Å². The summed E-state index contributed by atoms with van der Waals surface area (Å²) in [6.45, 7) is 1.95. The predicted octanol–water partition coefficient (Wildman–Crippen LogP) is 4.06. The lowest BCUT2D eigenvalue weighted by molar-refractivity contribution is 0.0702. The number of methoxy groups -OCH3 is 1. The lowest BCUT2D eigenvalue weighted by atomic mass is 10.3. The van der Waals surface area contributed by atoms with Gasteiger partial charge in [-0.05, 0) is 30.7 Å². The van der Waals surface area contributed by atoms with Crippen LogP contribution in [0.3, 0.4) is 0 Å². The maximum Gasteiger partial charge on any atom is 0.345 e. The standard InChI is InChI=1S/C14H14O3S2/c1-9-10(7-13(19-9)14(15)16)8-18-12-6-4-3-5-11(12)17-2/h3-7H,8H2,1-2H3,(H,15,16). The molecule has 1 aromatic carbocycles. The Morgan fingerprint density at radius 2 is 2.16 bits per heavy atom. The highest BCUT2D eigenvalue weighted by molar-refractivity contribution is 7.98. The number of thioether (sulfide) groups is 1. The summed E-state index contributed by atoms with van der Waals surface area (Å²) in [7, 11) is 1.65. The Hall–Kier alpha value is -1.46. The van der Waals surface area contributed by atoms with Crippen molar-refractivity contribution in [3.8, 4) is 5.75 Å². The van der Waals surface area contributed by atoms with Gasteiger partial charge in [0.25, 0.3) is 0 Å². The van der Waals surface area contributed by atoms with Crippen LogP contribution in [-0.4, -0.2) is 18.2 Å². The Balaban J connectivity index is 2.12. The van der Waals surface area contributed by atoms with Crippen molar-refractivity contribution in [2.45, 2.75) is 17.6 Å². The predicted molar refractivity (Wildman–Crippen MR) is 78.6 cm³/mol. The van der Waals surface area contributed by atoms with Crippen LogP contribution < -0.4 is 4.74 Å². The van der Waals surface area contributed by atoms with E-state index in [2.05, 4.69) is 0 Å². The number of carboxylic acid groups (broad SMARTS) is 1. The first kappa shape index (κ1) is 14.0. The number of aryl methyl sites for hydroxylation is 1. The summed E-state index contributed by atoms with van der Waals surface area (Å²) in [6, 6.07) is 9.58. The number of rotatable bonds is 5. The van der Waals surface area contributed by atoms with Crippen LogP contribution in [0.15, 0.2) is 35.2 Å². The second-order valence-electron chi connectivity index (χ2n) is 3.94. The fourth-order valence-corrected chi connectivity index (χ4v) is 3.71. The molecular formula is C14H14O3S2. The van der Waals surface area contributed by atoms with Gasteiger partial charge >= 0.3 is 5.97 Å². The normalized spacial score (nSPS) is 10.4. The quantitative estimate of drug-likeness (QED) is 0.845. The molecule has 5 heteroatoms. The molecule has 0 aliphatic rings. The zero-order valence-electron chi connectivity index (χ0n) is 10.7. The summed E-state index contributed by atoms with van der Waals surface area (Å²) in [4.78, 5) is 13.4. The molecule has 0 atom stereocenters. The van der Waals surface area contributed by atoms with E-state index in [-0.39, 0.29) is 0 Å². The van der Waals surface area contributed by atoms with E-state index in [4.69, 9.17) is 9.84 Å². The maximum atomic E-state index is 10.9. The zero-order chi connectivity index (χ0) is 13.8. The van der Waals surface area contributed by atoms with Crippen molar-refractivity contribution in [3.05, 3.63) is 45.6 Å². The third kappa shape index (κ3) is 3.30. The summed E-state index contributed by atoms with van der Waals surface area (Å²) in [6.07, 6.45) is 0. The molecule has 3 nitrogen and oxygen atoms in total. The smallest absolute Gasteiger partial charge is 0.345 e. The van der Waals surface area contributed by atoms with Crippen LogP contribution in [0.2, 0.25) is 0 Å². The molecule has 0 aliphatic carbocycles. The Kier molecular flexibility index (Phi) is 4.50. The average Bonchev–Trinajstić information content (AvgIpc) is 2.78. The first-order valence-electron chi connectivity index (χ1n) is 5.70. The third-order valence-corrected chi connectivity index (χ3v) is 4.87. The second kappa shape index (κ2) is 6.12. The summed E-state index contributed by atoms with van der Waals surface area (Å²) < 4.78 is 5.30. The molecule has 1 N–H and O–H groups in total. The van der Waals surface area contributed by atoms with E-state index in [9.17, 15) is 4.79 Å². The minimum absolute atomic E-state index is 0.396. The van der Waals surface area contributed by atoms with Gasteiger partial charge < -0.3 is 9.84 Å². The van der Waals surface area contributed by atoms with Gasteiger partial charge in [0.1, 0.15) is 10.6 Å². The van der Waals surface area contributed by atoms with Crippen molar-refractivity contribution in [2.75, 3.05) is 7.11 Å². The summed E-state index contributed by atoms with van der Waals surface area (Å²) in [5, 5.41) is 8.97. The van der Waals surface area contributed by atoms with Gasteiger partial charge in [0, 0.05) is 15.5 Å². The molecule has 0 aliphatic heterocycles. The van der Waals surface area contributed by atoms with E-state index in [1.54, 1.807) is 24.9 Å². The average molecular weight is 294 g/mol. The van der Waals surface area contributed by atoms with Crippen molar-refractivity contribution in [1.82, 2.24) is 0 Å². The van der Waals surface area contributed by atoms with Crippen LogP contribution >= 0.6 is 23.1 Å². The second-order valence-corrected chi connectivity index (χ2v) is 6.21. The molecule has 2 rings (SSSR count). The number of benzene rings is 1. The highest BCUT2D eigenvalue weighted by atomic mass is 32.2. The number of para-hydroxylation sites is 1. The lowest BCUT2D eigenvalue weighted by Gasteiger charge is -2.07. The lowest BCUT2D eigenvalue weighted by Crippen LogP contribution is -1.90. The van der Waals surface area contributed by atoms with E-state index in [0.717, 1.165) is 26.8 Å². The Bertz CT molecular complexity index is 590. The maximum absolute atomic E-state index is 10.9. The molecule has 1 aromatic heterocycles. The SMILES string of the molecule is COc1ccccc1SCc1cc(C(=O)O)sc1C. The van der Waals surface area contributed by atoms with Gasteiger partial charge in [0.2, 0.25) is 0 Å². The van der Waals surface area contributed by atoms with E-state index in [1.807, 2.05) is 31.2 Å². The molecule has 100 valence electrons. The van der Waals surface area contributed by atoms with Gasteiger partial charge in [-0.15, -0.1) is 23.1 Å². The molecular weight excluding hydrogens is 280 g/mol. The number of carbonyl (C=O) groups is 1.